The van der Waals surface area contributed by atoms with E-state index in [0.29, 0.717) is 6.42 Å². The molecule has 0 spiro atoms. The summed E-state index contributed by atoms with van der Waals surface area (Å²) in [6.07, 6.45) is 17.7. The van der Waals surface area contributed by atoms with E-state index in [1.807, 2.05) is 0 Å². The molecule has 0 fully saturated rings. The molecule has 0 aliphatic heterocycles. The lowest BCUT2D eigenvalue weighted by Gasteiger charge is -2.12. The first-order valence-corrected chi connectivity index (χ1v) is 12.3. The molecule has 0 aromatic rings. The van der Waals surface area contributed by atoms with E-state index in [0.717, 1.165) is 31.3 Å². The highest BCUT2D eigenvalue weighted by atomic mass is 32.2. The summed E-state index contributed by atoms with van der Waals surface area (Å²) in [4.78, 5) is 22.8. The van der Waals surface area contributed by atoms with Crippen LogP contribution in [0.4, 0.5) is 0 Å². The molecule has 7 heteroatoms. The van der Waals surface area contributed by atoms with Crippen LogP contribution in [0.1, 0.15) is 96.8 Å². The zero-order valence-electron chi connectivity index (χ0n) is 18.2. The predicted octanol–water partition coefficient (Wildman–Crippen LogP) is 4.08. The van der Waals surface area contributed by atoms with Crippen LogP contribution < -0.4 is 5.32 Å². The number of rotatable bonds is 22. The van der Waals surface area contributed by atoms with E-state index in [2.05, 4.69) is 12.2 Å². The molecular weight excluding hydrogens is 390 g/mol. The van der Waals surface area contributed by atoms with Crippen molar-refractivity contribution in [2.45, 2.75) is 109 Å². The van der Waals surface area contributed by atoms with Crippen molar-refractivity contribution in [2.24, 2.45) is 0 Å². The Labute approximate surface area is 181 Å². The standard InChI is InChI=1S/C22H42NO5S/c1-2-3-4-5-6-7-8-9-10-11-12-13-14-15-22(27)23-20(16-24)19-29-28-18-21(26)17-25/h20-21,25-26H,2-15,17-19H2,1H3,(H,23,27)/t20-,21?/m1/s1. The van der Waals surface area contributed by atoms with E-state index >= 15 is 0 Å². The Morgan fingerprint density at radius 1 is 0.966 bits per heavy atom. The molecule has 0 saturated heterocycles. The lowest BCUT2D eigenvalue weighted by Crippen LogP contribution is -2.37. The molecule has 3 N–H and O–H groups in total. The van der Waals surface area contributed by atoms with Gasteiger partial charge in [-0.25, -0.2) is 0 Å². The van der Waals surface area contributed by atoms with Gasteiger partial charge in [0, 0.05) is 12.2 Å². The first-order chi connectivity index (χ1) is 14.1. The largest absolute Gasteiger partial charge is 0.394 e. The number of aliphatic hydroxyl groups is 2. The van der Waals surface area contributed by atoms with E-state index in [-0.39, 0.29) is 24.9 Å². The van der Waals surface area contributed by atoms with Gasteiger partial charge in [0.25, 0.3) is 0 Å². The number of carbonyl (C=O) groups is 1. The van der Waals surface area contributed by atoms with Crippen LogP contribution >= 0.6 is 12.0 Å². The van der Waals surface area contributed by atoms with Crippen molar-refractivity contribution in [1.82, 2.24) is 5.32 Å². The third kappa shape index (κ3) is 20.4. The van der Waals surface area contributed by atoms with E-state index < -0.39 is 12.1 Å². The maximum absolute atomic E-state index is 11.9. The minimum absolute atomic E-state index is 0.0281. The van der Waals surface area contributed by atoms with Crippen LogP contribution in [0.25, 0.3) is 0 Å². The second kappa shape index (κ2) is 22.1. The molecule has 0 aliphatic rings. The number of carbonyl (C=O) groups excluding carboxylic acids is 2. The number of unbranched alkanes of at least 4 members (excludes halogenated alkanes) is 12. The van der Waals surface area contributed by atoms with Gasteiger partial charge in [0.15, 0.2) is 0 Å². The Morgan fingerprint density at radius 2 is 1.48 bits per heavy atom. The minimum Gasteiger partial charge on any atom is -0.394 e. The smallest absolute Gasteiger partial charge is 0.223 e. The molecule has 2 atom stereocenters. The number of amides is 1. The quantitative estimate of drug-likeness (QED) is 0.176. The van der Waals surface area contributed by atoms with Crippen molar-refractivity contribution < 1.29 is 24.0 Å². The Bertz CT molecular complexity index is 384. The summed E-state index contributed by atoms with van der Waals surface area (Å²) in [7, 11) is 0. The number of nitrogens with one attached hydrogen (secondary N) is 1. The van der Waals surface area contributed by atoms with Crippen molar-refractivity contribution in [2.75, 3.05) is 19.0 Å². The second-order valence-electron chi connectivity index (χ2n) is 7.64. The molecule has 0 aromatic heterocycles. The van der Waals surface area contributed by atoms with Gasteiger partial charge in [0.1, 0.15) is 12.1 Å². The van der Waals surface area contributed by atoms with E-state index in [9.17, 15) is 9.59 Å². The fraction of sp³-hybridized carbons (Fsp3) is 0.909. The molecule has 1 radical (unpaired) electrons. The van der Waals surface area contributed by atoms with E-state index in [4.69, 9.17) is 14.4 Å². The zero-order chi connectivity index (χ0) is 21.6. The lowest BCUT2D eigenvalue weighted by molar-refractivity contribution is -0.121. The molecule has 6 nitrogen and oxygen atoms in total. The summed E-state index contributed by atoms with van der Waals surface area (Å²) in [6.45, 7) is 1.85. The van der Waals surface area contributed by atoms with Gasteiger partial charge >= 0.3 is 0 Å². The summed E-state index contributed by atoms with van der Waals surface area (Å²) >= 11 is 0.971. The fourth-order valence-electron chi connectivity index (χ4n) is 2.97. The summed E-state index contributed by atoms with van der Waals surface area (Å²) < 4.78 is 5.06. The van der Waals surface area contributed by atoms with Crippen LogP contribution in [0.15, 0.2) is 0 Å². The Balaban J connectivity index is 3.46. The van der Waals surface area contributed by atoms with Crippen molar-refractivity contribution >= 4 is 24.2 Å². The molecule has 0 aromatic carbocycles. The highest BCUT2D eigenvalue weighted by Gasteiger charge is 2.13. The molecule has 29 heavy (non-hydrogen) atoms. The van der Waals surface area contributed by atoms with Crippen LogP contribution in [0.5, 0.6) is 0 Å². The molecule has 0 bridgehead atoms. The molecular formula is C22H42NO5S. The molecule has 0 rings (SSSR count). The van der Waals surface area contributed by atoms with Crippen LogP contribution in [0.3, 0.4) is 0 Å². The number of hydrogen-bond donors (Lipinski definition) is 3. The predicted molar refractivity (Wildman–Crippen MR) is 119 cm³/mol. The monoisotopic (exact) mass is 432 g/mol. The third-order valence-corrected chi connectivity index (χ3v) is 5.55. The van der Waals surface area contributed by atoms with Crippen molar-refractivity contribution in [3.05, 3.63) is 0 Å². The van der Waals surface area contributed by atoms with Crippen LogP contribution in [0, 0.1) is 0 Å². The van der Waals surface area contributed by atoms with Crippen molar-refractivity contribution in [3.8, 4) is 0 Å². The van der Waals surface area contributed by atoms with Gasteiger partial charge in [-0.1, -0.05) is 84.0 Å². The van der Waals surface area contributed by atoms with Crippen LogP contribution in [-0.4, -0.2) is 53.5 Å². The first-order valence-electron chi connectivity index (χ1n) is 11.3. The first kappa shape index (κ1) is 28.4. The Morgan fingerprint density at radius 3 is 1.97 bits per heavy atom. The summed E-state index contributed by atoms with van der Waals surface area (Å²) in [6, 6.07) is -0.722. The lowest BCUT2D eigenvalue weighted by atomic mass is 10.0. The molecule has 1 unspecified atom stereocenters. The normalized spacial score (nSPS) is 13.2. The highest BCUT2D eigenvalue weighted by Crippen LogP contribution is 2.13. The SMILES string of the molecule is CCCCCCCCCCCCCCCC(=O)N[C@H]([C]=O)CSOCC(O)CO. The maximum Gasteiger partial charge on any atom is 0.223 e. The van der Waals surface area contributed by atoms with Gasteiger partial charge in [-0.15, -0.1) is 0 Å². The molecule has 1 amide bonds. The molecule has 171 valence electrons. The molecule has 0 heterocycles. The Hall–Kier alpha value is -0.630. The summed E-state index contributed by atoms with van der Waals surface area (Å²) in [5.74, 6) is 0.0869. The zero-order valence-corrected chi connectivity index (χ0v) is 19.0. The second-order valence-corrected chi connectivity index (χ2v) is 8.44. The van der Waals surface area contributed by atoms with Gasteiger partial charge in [0.2, 0.25) is 12.2 Å². The van der Waals surface area contributed by atoms with Crippen molar-refractivity contribution in [1.29, 1.82) is 0 Å². The number of aliphatic hydroxyl groups excluding tert-OH is 2. The van der Waals surface area contributed by atoms with Gasteiger partial charge in [-0.2, -0.15) is 0 Å². The van der Waals surface area contributed by atoms with Gasteiger partial charge < -0.3 is 19.7 Å². The summed E-state index contributed by atoms with van der Waals surface area (Å²) in [5, 5.41) is 20.4. The Kier molecular flexibility index (Phi) is 21.6. The van der Waals surface area contributed by atoms with Gasteiger partial charge in [-0.3, -0.25) is 9.59 Å². The van der Waals surface area contributed by atoms with E-state index in [1.165, 1.54) is 64.2 Å². The maximum atomic E-state index is 11.9. The number of hydrogen-bond acceptors (Lipinski definition) is 6. The summed E-state index contributed by atoms with van der Waals surface area (Å²) in [5.41, 5.74) is 0. The van der Waals surface area contributed by atoms with Crippen LogP contribution in [-0.2, 0) is 13.8 Å². The fourth-order valence-corrected chi connectivity index (χ4v) is 3.61. The third-order valence-electron chi connectivity index (χ3n) is 4.77. The molecule has 0 saturated carbocycles. The van der Waals surface area contributed by atoms with Crippen LogP contribution in [0.2, 0.25) is 0 Å². The van der Waals surface area contributed by atoms with Crippen molar-refractivity contribution in [3.63, 3.8) is 0 Å². The average Bonchev–Trinajstić information content (AvgIpc) is 2.73. The minimum atomic E-state index is -0.939. The van der Waals surface area contributed by atoms with Gasteiger partial charge in [-0.05, 0) is 18.5 Å². The topological polar surface area (TPSA) is 95.9 Å². The van der Waals surface area contributed by atoms with Gasteiger partial charge in [0.05, 0.1) is 13.2 Å². The molecule has 0 aliphatic carbocycles. The average molecular weight is 433 g/mol. The van der Waals surface area contributed by atoms with E-state index in [1.54, 1.807) is 6.29 Å². The highest BCUT2D eigenvalue weighted by molar-refractivity contribution is 7.94.